The Labute approximate surface area is 165 Å². The molecule has 2 fully saturated rings. The van der Waals surface area contributed by atoms with Gasteiger partial charge in [0, 0.05) is 37.7 Å². The molecule has 0 radical (unpaired) electrons. The largest absolute Gasteiger partial charge is 0.374 e. The van der Waals surface area contributed by atoms with Crippen LogP contribution in [0, 0.1) is 5.41 Å². The number of fused-ring (bicyclic) bond motifs is 1. The monoisotopic (exact) mass is 384 g/mol. The zero-order valence-electron chi connectivity index (χ0n) is 16.6. The first-order valence-electron chi connectivity index (χ1n) is 10.1. The van der Waals surface area contributed by atoms with E-state index in [1.807, 2.05) is 21.9 Å². The summed E-state index contributed by atoms with van der Waals surface area (Å²) in [5.41, 5.74) is 2.24. The van der Waals surface area contributed by atoms with E-state index in [0.717, 1.165) is 31.5 Å². The Morgan fingerprint density at radius 3 is 2.57 bits per heavy atom. The molecule has 3 amide bonds. The van der Waals surface area contributed by atoms with Gasteiger partial charge in [0.15, 0.2) is 0 Å². The number of carbonyl (C=O) groups excluding carboxylic acids is 3. The minimum atomic E-state index is -0.0986. The van der Waals surface area contributed by atoms with E-state index in [4.69, 9.17) is 0 Å². The zero-order chi connectivity index (χ0) is 19.9. The van der Waals surface area contributed by atoms with Crippen molar-refractivity contribution < 1.29 is 14.4 Å². The molecule has 1 aromatic carbocycles. The number of hydrogen-bond donors (Lipinski definition) is 2. The minimum absolute atomic E-state index is 0.00470. The van der Waals surface area contributed by atoms with E-state index >= 15 is 0 Å². The molecule has 0 bridgehead atoms. The summed E-state index contributed by atoms with van der Waals surface area (Å²) in [5, 5.41) is 5.86. The van der Waals surface area contributed by atoms with Crippen molar-refractivity contribution in [2.24, 2.45) is 5.41 Å². The van der Waals surface area contributed by atoms with Crippen LogP contribution in [0.3, 0.4) is 0 Å². The molecule has 0 unspecified atom stereocenters. The van der Waals surface area contributed by atoms with Crippen molar-refractivity contribution in [3.05, 3.63) is 23.8 Å². The SMILES string of the molecule is CC(C)N1CC2(CCC1=O)CCN(C(=O)c1ccc3c(c1)NC(=O)CN3)CC2. The molecule has 3 aliphatic heterocycles. The third-order valence-electron chi connectivity index (χ3n) is 6.41. The first kappa shape index (κ1) is 18.8. The van der Waals surface area contributed by atoms with E-state index in [-0.39, 0.29) is 35.7 Å². The van der Waals surface area contributed by atoms with Crippen LogP contribution in [0.5, 0.6) is 0 Å². The van der Waals surface area contributed by atoms with Crippen molar-refractivity contribution in [3.63, 3.8) is 0 Å². The van der Waals surface area contributed by atoms with Crippen molar-refractivity contribution in [3.8, 4) is 0 Å². The smallest absolute Gasteiger partial charge is 0.253 e. The second-order valence-corrected chi connectivity index (χ2v) is 8.57. The molecule has 7 nitrogen and oxygen atoms in total. The van der Waals surface area contributed by atoms with Crippen molar-refractivity contribution in [2.45, 2.75) is 45.6 Å². The molecule has 1 aromatic rings. The predicted octanol–water partition coefficient (Wildman–Crippen LogP) is 2.30. The zero-order valence-corrected chi connectivity index (χ0v) is 16.6. The number of likely N-dealkylation sites (tertiary alicyclic amines) is 2. The Balaban J connectivity index is 1.43. The van der Waals surface area contributed by atoms with Crippen LogP contribution in [0.15, 0.2) is 18.2 Å². The number of hydrogen-bond acceptors (Lipinski definition) is 4. The van der Waals surface area contributed by atoms with E-state index in [1.54, 1.807) is 6.07 Å². The summed E-state index contributed by atoms with van der Waals surface area (Å²) in [5.74, 6) is 0.160. The van der Waals surface area contributed by atoms with Gasteiger partial charge in [0.05, 0.1) is 17.9 Å². The predicted molar refractivity (Wildman–Crippen MR) is 107 cm³/mol. The molecule has 1 spiro atoms. The van der Waals surface area contributed by atoms with Gasteiger partial charge in [-0.15, -0.1) is 0 Å². The molecule has 3 aliphatic rings. The fourth-order valence-electron chi connectivity index (χ4n) is 4.59. The normalized spacial score (nSPS) is 21.4. The number of benzene rings is 1. The van der Waals surface area contributed by atoms with Gasteiger partial charge in [0.25, 0.3) is 5.91 Å². The van der Waals surface area contributed by atoms with Gasteiger partial charge in [-0.1, -0.05) is 0 Å². The highest BCUT2D eigenvalue weighted by atomic mass is 16.2. The molecule has 4 rings (SSSR count). The van der Waals surface area contributed by atoms with Crippen LogP contribution in [0.2, 0.25) is 0 Å². The highest BCUT2D eigenvalue weighted by molar-refractivity contribution is 6.03. The molecule has 0 aromatic heterocycles. The second kappa shape index (κ2) is 7.11. The first-order valence-corrected chi connectivity index (χ1v) is 10.1. The molecular formula is C21H28N4O3. The van der Waals surface area contributed by atoms with Gasteiger partial charge in [0.2, 0.25) is 11.8 Å². The lowest BCUT2D eigenvalue weighted by atomic mass is 9.72. The molecule has 3 heterocycles. The van der Waals surface area contributed by atoms with Crippen LogP contribution < -0.4 is 10.6 Å². The van der Waals surface area contributed by atoms with Gasteiger partial charge in [0.1, 0.15) is 0 Å². The van der Waals surface area contributed by atoms with E-state index in [9.17, 15) is 14.4 Å². The molecule has 2 saturated heterocycles. The summed E-state index contributed by atoms with van der Waals surface area (Å²) in [4.78, 5) is 40.7. The molecule has 28 heavy (non-hydrogen) atoms. The molecule has 150 valence electrons. The fraction of sp³-hybridized carbons (Fsp3) is 0.571. The summed E-state index contributed by atoms with van der Waals surface area (Å²) in [6.07, 6.45) is 3.40. The quantitative estimate of drug-likeness (QED) is 0.820. The minimum Gasteiger partial charge on any atom is -0.374 e. The molecule has 0 saturated carbocycles. The number of amides is 3. The molecule has 7 heteroatoms. The van der Waals surface area contributed by atoms with Crippen LogP contribution >= 0.6 is 0 Å². The summed E-state index contributed by atoms with van der Waals surface area (Å²) in [6, 6.07) is 5.64. The third-order valence-corrected chi connectivity index (χ3v) is 6.41. The lowest BCUT2D eigenvalue weighted by molar-refractivity contribution is -0.141. The fourth-order valence-corrected chi connectivity index (χ4v) is 4.59. The molecule has 0 aliphatic carbocycles. The van der Waals surface area contributed by atoms with Crippen LogP contribution in [-0.2, 0) is 9.59 Å². The lowest BCUT2D eigenvalue weighted by Gasteiger charge is -2.48. The van der Waals surface area contributed by atoms with Crippen molar-refractivity contribution >= 4 is 29.1 Å². The Hall–Kier alpha value is -2.57. The summed E-state index contributed by atoms with van der Waals surface area (Å²) in [7, 11) is 0. The number of piperidine rings is 2. The van der Waals surface area contributed by atoms with Crippen molar-refractivity contribution in [1.82, 2.24) is 9.80 Å². The molecule has 0 atom stereocenters. The van der Waals surface area contributed by atoms with E-state index in [2.05, 4.69) is 24.5 Å². The van der Waals surface area contributed by atoms with Gasteiger partial charge in [-0.05, 0) is 56.7 Å². The average Bonchev–Trinajstić information content (AvgIpc) is 2.69. The van der Waals surface area contributed by atoms with Gasteiger partial charge in [-0.25, -0.2) is 0 Å². The van der Waals surface area contributed by atoms with Crippen LogP contribution in [-0.4, -0.2) is 59.7 Å². The summed E-state index contributed by atoms with van der Waals surface area (Å²) < 4.78 is 0. The van der Waals surface area contributed by atoms with Gasteiger partial charge in [-0.3, -0.25) is 14.4 Å². The van der Waals surface area contributed by atoms with E-state index in [1.165, 1.54) is 0 Å². The number of carbonyl (C=O) groups is 3. The summed E-state index contributed by atoms with van der Waals surface area (Å²) >= 11 is 0. The molecule has 2 N–H and O–H groups in total. The van der Waals surface area contributed by atoms with Gasteiger partial charge >= 0.3 is 0 Å². The maximum atomic E-state index is 13.0. The number of rotatable bonds is 2. The second-order valence-electron chi connectivity index (χ2n) is 8.57. The maximum absolute atomic E-state index is 13.0. The number of nitrogens with zero attached hydrogens (tertiary/aromatic N) is 2. The van der Waals surface area contributed by atoms with Crippen molar-refractivity contribution in [1.29, 1.82) is 0 Å². The standard InChI is InChI=1S/C21H28N4O3/c1-14(2)25-13-21(6-5-19(25)27)7-9-24(10-8-21)20(28)15-3-4-16-17(11-15)23-18(26)12-22-16/h3-4,11,14,22H,5-10,12-13H2,1-2H3,(H,23,26). The van der Waals surface area contributed by atoms with Crippen LogP contribution in [0.25, 0.3) is 0 Å². The Morgan fingerprint density at radius 1 is 1.11 bits per heavy atom. The van der Waals surface area contributed by atoms with E-state index < -0.39 is 0 Å². The van der Waals surface area contributed by atoms with Crippen molar-refractivity contribution in [2.75, 3.05) is 36.8 Å². The summed E-state index contributed by atoms with van der Waals surface area (Å²) in [6.45, 7) is 6.62. The topological polar surface area (TPSA) is 81.8 Å². The Bertz CT molecular complexity index is 812. The van der Waals surface area contributed by atoms with Gasteiger partial charge < -0.3 is 20.4 Å². The van der Waals surface area contributed by atoms with Crippen LogP contribution in [0.1, 0.15) is 49.9 Å². The Morgan fingerprint density at radius 2 is 1.86 bits per heavy atom. The molecular weight excluding hydrogens is 356 g/mol. The highest BCUT2D eigenvalue weighted by Gasteiger charge is 2.42. The Kier molecular flexibility index (Phi) is 4.77. The van der Waals surface area contributed by atoms with Gasteiger partial charge in [-0.2, -0.15) is 0 Å². The number of nitrogens with one attached hydrogen (secondary N) is 2. The van der Waals surface area contributed by atoms with Crippen LogP contribution in [0.4, 0.5) is 11.4 Å². The maximum Gasteiger partial charge on any atom is 0.253 e. The highest BCUT2D eigenvalue weighted by Crippen LogP contribution is 2.41. The lowest BCUT2D eigenvalue weighted by Crippen LogP contribution is -2.54. The first-order chi connectivity index (χ1) is 13.4. The number of anilines is 2. The average molecular weight is 384 g/mol. The third kappa shape index (κ3) is 3.45. The van der Waals surface area contributed by atoms with E-state index in [0.29, 0.717) is 30.8 Å².